The Bertz CT molecular complexity index is 465. The average Bonchev–Trinajstić information content (AvgIpc) is 2.73. The number of aryl methyl sites for hydroxylation is 1. The maximum absolute atomic E-state index is 5.83. The van der Waals surface area contributed by atoms with E-state index in [0.717, 1.165) is 30.2 Å². The van der Waals surface area contributed by atoms with Crippen molar-refractivity contribution in [3.8, 4) is 0 Å². The first-order chi connectivity index (χ1) is 8.25. The van der Waals surface area contributed by atoms with Crippen molar-refractivity contribution in [2.45, 2.75) is 19.9 Å². The summed E-state index contributed by atoms with van der Waals surface area (Å²) >= 11 is 7.56. The minimum atomic E-state index is 0.786. The van der Waals surface area contributed by atoms with Crippen LogP contribution in [-0.4, -0.2) is 11.5 Å². The number of hydrogen-bond acceptors (Lipinski definition) is 3. The molecule has 2 aromatic rings. The fourth-order valence-electron chi connectivity index (χ4n) is 1.60. The Labute approximate surface area is 111 Å². The van der Waals surface area contributed by atoms with Crippen LogP contribution in [-0.2, 0) is 13.0 Å². The highest BCUT2D eigenvalue weighted by molar-refractivity contribution is 7.09. The van der Waals surface area contributed by atoms with Crippen LogP contribution in [0.5, 0.6) is 0 Å². The minimum Gasteiger partial charge on any atom is -0.312 e. The van der Waals surface area contributed by atoms with Gasteiger partial charge in [-0.15, -0.1) is 11.3 Å². The van der Waals surface area contributed by atoms with E-state index < -0.39 is 0 Å². The van der Waals surface area contributed by atoms with E-state index in [1.807, 2.05) is 29.8 Å². The third kappa shape index (κ3) is 3.80. The lowest BCUT2D eigenvalue weighted by molar-refractivity contribution is 0.689. The summed E-state index contributed by atoms with van der Waals surface area (Å²) in [5.41, 5.74) is 4.32. The molecule has 0 unspecified atom stereocenters. The number of rotatable bonds is 5. The van der Waals surface area contributed by atoms with Crippen LogP contribution in [0.1, 0.15) is 16.1 Å². The average molecular weight is 267 g/mol. The van der Waals surface area contributed by atoms with Crippen molar-refractivity contribution < 1.29 is 0 Å². The Hall–Kier alpha value is -0.900. The molecule has 0 radical (unpaired) electrons. The van der Waals surface area contributed by atoms with Gasteiger partial charge in [0.15, 0.2) is 0 Å². The van der Waals surface area contributed by atoms with Gasteiger partial charge in [0.05, 0.1) is 11.2 Å². The highest BCUT2D eigenvalue weighted by Gasteiger charge is 2.00. The third-order valence-corrected chi connectivity index (χ3v) is 3.86. The van der Waals surface area contributed by atoms with E-state index in [4.69, 9.17) is 11.6 Å². The summed E-state index contributed by atoms with van der Waals surface area (Å²) in [6.45, 7) is 3.92. The Morgan fingerprint density at radius 3 is 2.71 bits per heavy atom. The molecule has 90 valence electrons. The summed E-state index contributed by atoms with van der Waals surface area (Å²) in [6.07, 6.45) is 1.05. The van der Waals surface area contributed by atoms with Gasteiger partial charge in [-0.05, 0) is 31.0 Å². The van der Waals surface area contributed by atoms with E-state index in [9.17, 15) is 0 Å². The number of nitrogens with one attached hydrogen (secondary N) is 1. The first kappa shape index (κ1) is 12.6. The van der Waals surface area contributed by atoms with E-state index >= 15 is 0 Å². The fraction of sp³-hybridized carbons (Fsp3) is 0.308. The molecule has 1 aromatic heterocycles. The first-order valence-electron chi connectivity index (χ1n) is 5.60. The van der Waals surface area contributed by atoms with E-state index in [2.05, 4.69) is 17.2 Å². The lowest BCUT2D eigenvalue weighted by Crippen LogP contribution is -2.16. The van der Waals surface area contributed by atoms with Crippen LogP contribution in [0.15, 0.2) is 29.8 Å². The first-order valence-corrected chi connectivity index (χ1v) is 6.85. The van der Waals surface area contributed by atoms with Gasteiger partial charge in [-0.25, -0.2) is 4.98 Å². The van der Waals surface area contributed by atoms with Crippen molar-refractivity contribution in [1.82, 2.24) is 10.3 Å². The molecule has 0 aliphatic rings. The summed E-state index contributed by atoms with van der Waals surface area (Å²) in [6, 6.07) is 7.94. The molecule has 17 heavy (non-hydrogen) atoms. The van der Waals surface area contributed by atoms with Gasteiger partial charge in [-0.3, -0.25) is 0 Å². The monoisotopic (exact) mass is 266 g/mol. The van der Waals surface area contributed by atoms with Crippen LogP contribution >= 0.6 is 22.9 Å². The van der Waals surface area contributed by atoms with Crippen molar-refractivity contribution in [2.24, 2.45) is 0 Å². The maximum Gasteiger partial charge on any atom is 0.0797 e. The number of thiazole rings is 1. The molecule has 0 saturated heterocycles. The zero-order valence-corrected chi connectivity index (χ0v) is 11.3. The maximum atomic E-state index is 5.83. The Morgan fingerprint density at radius 2 is 2.06 bits per heavy atom. The lowest BCUT2D eigenvalue weighted by atomic mass is 10.2. The van der Waals surface area contributed by atoms with Crippen molar-refractivity contribution >= 4 is 22.9 Å². The molecule has 0 atom stereocenters. The third-order valence-electron chi connectivity index (χ3n) is 2.62. The molecule has 2 rings (SSSR count). The van der Waals surface area contributed by atoms with Crippen LogP contribution in [0.4, 0.5) is 0 Å². The smallest absolute Gasteiger partial charge is 0.0797 e. The van der Waals surface area contributed by atoms with E-state index in [1.165, 1.54) is 10.4 Å². The highest BCUT2D eigenvalue weighted by atomic mass is 35.5. The second kappa shape index (κ2) is 6.15. The van der Waals surface area contributed by atoms with Crippen molar-refractivity contribution in [3.05, 3.63) is 50.9 Å². The van der Waals surface area contributed by atoms with Crippen LogP contribution < -0.4 is 5.32 Å². The zero-order chi connectivity index (χ0) is 12.1. The second-order valence-electron chi connectivity index (χ2n) is 3.91. The normalized spacial score (nSPS) is 10.7. The van der Waals surface area contributed by atoms with Crippen molar-refractivity contribution in [2.75, 3.05) is 6.54 Å². The topological polar surface area (TPSA) is 24.9 Å². The lowest BCUT2D eigenvalue weighted by Gasteiger charge is -2.04. The predicted octanol–water partition coefficient (Wildman–Crippen LogP) is 3.44. The molecule has 0 amide bonds. The van der Waals surface area contributed by atoms with Gasteiger partial charge in [-0.1, -0.05) is 23.7 Å². The highest BCUT2D eigenvalue weighted by Crippen LogP contribution is 2.12. The molecular formula is C13H15ClN2S. The van der Waals surface area contributed by atoms with Crippen LogP contribution in [0.2, 0.25) is 5.02 Å². The van der Waals surface area contributed by atoms with Gasteiger partial charge in [0.2, 0.25) is 0 Å². The molecule has 2 nitrogen and oxygen atoms in total. The summed E-state index contributed by atoms with van der Waals surface area (Å²) in [7, 11) is 0. The van der Waals surface area contributed by atoms with Gasteiger partial charge in [0, 0.05) is 23.0 Å². The minimum absolute atomic E-state index is 0.786. The zero-order valence-electron chi connectivity index (χ0n) is 9.74. The van der Waals surface area contributed by atoms with Crippen molar-refractivity contribution in [1.29, 1.82) is 0 Å². The number of benzene rings is 1. The molecule has 1 heterocycles. The Kier molecular flexibility index (Phi) is 4.54. The fourth-order valence-corrected chi connectivity index (χ4v) is 2.51. The number of halogens is 1. The molecular weight excluding hydrogens is 252 g/mol. The van der Waals surface area contributed by atoms with Gasteiger partial charge >= 0.3 is 0 Å². The summed E-state index contributed by atoms with van der Waals surface area (Å²) in [4.78, 5) is 5.61. The Morgan fingerprint density at radius 1 is 1.29 bits per heavy atom. The quantitative estimate of drug-likeness (QED) is 0.839. The van der Waals surface area contributed by atoms with Gasteiger partial charge < -0.3 is 5.32 Å². The molecule has 0 saturated carbocycles. The van der Waals surface area contributed by atoms with Gasteiger partial charge in [0.25, 0.3) is 0 Å². The molecule has 4 heteroatoms. The van der Waals surface area contributed by atoms with E-state index in [0.29, 0.717) is 0 Å². The Balaban J connectivity index is 1.73. The largest absolute Gasteiger partial charge is 0.312 e. The molecule has 0 bridgehead atoms. The summed E-state index contributed by atoms with van der Waals surface area (Å²) in [5.74, 6) is 0. The second-order valence-corrected chi connectivity index (χ2v) is 5.29. The van der Waals surface area contributed by atoms with Gasteiger partial charge in [0.1, 0.15) is 0 Å². The molecule has 0 fully saturated rings. The van der Waals surface area contributed by atoms with Crippen LogP contribution in [0, 0.1) is 6.92 Å². The molecule has 0 aliphatic heterocycles. The molecule has 1 aromatic carbocycles. The van der Waals surface area contributed by atoms with E-state index in [1.54, 1.807) is 11.3 Å². The number of nitrogens with zero attached hydrogens (tertiary/aromatic N) is 1. The number of hydrogen-bond donors (Lipinski definition) is 1. The SMILES string of the molecule is Cc1ncsc1CCNCc1ccc(Cl)cc1. The van der Waals surface area contributed by atoms with Crippen LogP contribution in [0.25, 0.3) is 0 Å². The standard InChI is InChI=1S/C13H15ClN2S/c1-10-13(17-9-16-10)6-7-15-8-11-2-4-12(14)5-3-11/h2-5,9,15H,6-8H2,1H3. The molecule has 0 aliphatic carbocycles. The van der Waals surface area contributed by atoms with Crippen molar-refractivity contribution in [3.63, 3.8) is 0 Å². The molecule has 0 spiro atoms. The van der Waals surface area contributed by atoms with Gasteiger partial charge in [-0.2, -0.15) is 0 Å². The van der Waals surface area contributed by atoms with Crippen LogP contribution in [0.3, 0.4) is 0 Å². The molecule has 1 N–H and O–H groups in total. The summed E-state index contributed by atoms with van der Waals surface area (Å²) < 4.78 is 0. The van der Waals surface area contributed by atoms with E-state index in [-0.39, 0.29) is 0 Å². The number of aromatic nitrogens is 1. The summed E-state index contributed by atoms with van der Waals surface area (Å²) in [5, 5.41) is 4.21. The predicted molar refractivity (Wildman–Crippen MR) is 73.7 cm³/mol.